The monoisotopic (exact) mass is 389 g/mol. The Balaban J connectivity index is 2.00. The van der Waals surface area contributed by atoms with Crippen molar-refractivity contribution in [1.82, 2.24) is 4.57 Å². The van der Waals surface area contributed by atoms with E-state index in [0.717, 1.165) is 34.0 Å². The summed E-state index contributed by atoms with van der Waals surface area (Å²) >= 11 is 0. The van der Waals surface area contributed by atoms with Crippen LogP contribution in [0, 0.1) is 18.3 Å². The number of benzene rings is 2. The summed E-state index contributed by atoms with van der Waals surface area (Å²) in [6, 6.07) is 16.9. The van der Waals surface area contributed by atoms with Crippen molar-refractivity contribution in [3.05, 3.63) is 70.9 Å². The van der Waals surface area contributed by atoms with Crippen molar-refractivity contribution in [1.29, 1.82) is 5.26 Å². The first-order chi connectivity index (χ1) is 14.0. The fraction of sp³-hybridized carbons (Fsp3) is 0.217. The lowest BCUT2D eigenvalue weighted by Gasteiger charge is -2.15. The van der Waals surface area contributed by atoms with Crippen LogP contribution < -0.4 is 15.2 Å². The summed E-state index contributed by atoms with van der Waals surface area (Å²) in [5.41, 5.74) is 10.3. The van der Waals surface area contributed by atoms with Crippen LogP contribution in [0.15, 0.2) is 48.5 Å². The molecule has 0 spiro atoms. The van der Waals surface area contributed by atoms with Crippen LogP contribution in [0.4, 0.5) is 0 Å². The van der Waals surface area contributed by atoms with Crippen LogP contribution in [0.2, 0.25) is 0 Å². The Labute approximate surface area is 170 Å². The zero-order valence-corrected chi connectivity index (χ0v) is 16.7. The highest BCUT2D eigenvalue weighted by Gasteiger charge is 2.17. The van der Waals surface area contributed by atoms with Crippen molar-refractivity contribution in [3.63, 3.8) is 0 Å². The van der Waals surface area contributed by atoms with Gasteiger partial charge < -0.3 is 19.8 Å². The summed E-state index contributed by atoms with van der Waals surface area (Å²) in [4.78, 5) is 11.9. The first-order valence-electron chi connectivity index (χ1n) is 9.19. The Morgan fingerprint density at radius 1 is 1.10 bits per heavy atom. The lowest BCUT2D eigenvalue weighted by atomic mass is 10.1. The van der Waals surface area contributed by atoms with E-state index in [1.165, 1.54) is 0 Å². The minimum absolute atomic E-state index is 0.463. The molecule has 0 saturated heterocycles. The van der Waals surface area contributed by atoms with Crippen LogP contribution >= 0.6 is 0 Å². The van der Waals surface area contributed by atoms with Crippen LogP contribution in [-0.4, -0.2) is 24.7 Å². The molecule has 3 aromatic rings. The maximum absolute atomic E-state index is 11.9. The number of hydrogen-bond donors (Lipinski definition) is 1. The zero-order chi connectivity index (χ0) is 21.0. The summed E-state index contributed by atoms with van der Waals surface area (Å²) in [6.07, 6.45) is 0.678. The van der Waals surface area contributed by atoms with E-state index in [1.807, 2.05) is 43.3 Å². The van der Waals surface area contributed by atoms with Crippen molar-refractivity contribution in [2.24, 2.45) is 5.73 Å². The molecule has 1 aromatic heterocycles. The molecule has 0 atom stereocenters. The SMILES string of the molecule is COc1ccc(OC)c(CCn2c(-c3ccc(C#N)cc3)cc(C(N)=O)c2C)c1. The lowest BCUT2D eigenvalue weighted by Crippen LogP contribution is -2.13. The third-order valence-electron chi connectivity index (χ3n) is 5.03. The average molecular weight is 389 g/mol. The standard InChI is InChI=1S/C23H23N3O3/c1-15-20(23(25)27)13-21(17-6-4-16(14-24)5-7-17)26(15)11-10-18-12-19(28-2)8-9-22(18)29-3/h4-9,12-13H,10-11H2,1-3H3,(H2,25,27). The van der Waals surface area contributed by atoms with Gasteiger partial charge in [0.2, 0.25) is 0 Å². The molecule has 0 bridgehead atoms. The van der Waals surface area contributed by atoms with Crippen molar-refractivity contribution >= 4 is 5.91 Å². The molecular formula is C23H23N3O3. The van der Waals surface area contributed by atoms with Gasteiger partial charge in [-0.2, -0.15) is 5.26 Å². The summed E-state index contributed by atoms with van der Waals surface area (Å²) in [7, 11) is 3.27. The number of ether oxygens (including phenoxy) is 2. The third-order valence-corrected chi connectivity index (χ3v) is 5.03. The first kappa shape index (κ1) is 20.0. The van der Waals surface area contributed by atoms with Gasteiger partial charge in [0, 0.05) is 17.9 Å². The number of nitrogens with two attached hydrogens (primary N) is 1. The average Bonchev–Trinajstić information content (AvgIpc) is 3.08. The number of rotatable bonds is 7. The van der Waals surface area contributed by atoms with E-state index in [0.29, 0.717) is 24.1 Å². The topological polar surface area (TPSA) is 90.3 Å². The number of carbonyl (C=O) groups is 1. The number of nitrogens with zero attached hydrogens (tertiary/aromatic N) is 2. The first-order valence-corrected chi connectivity index (χ1v) is 9.19. The second kappa shape index (κ2) is 8.53. The summed E-state index contributed by atoms with van der Waals surface area (Å²) < 4.78 is 12.9. The van der Waals surface area contributed by atoms with Gasteiger partial charge in [-0.05, 0) is 60.9 Å². The van der Waals surface area contributed by atoms with Crippen molar-refractivity contribution in [2.45, 2.75) is 19.9 Å². The lowest BCUT2D eigenvalue weighted by molar-refractivity contribution is 0.0999. The molecule has 2 aromatic carbocycles. The highest BCUT2D eigenvalue weighted by Crippen LogP contribution is 2.29. The van der Waals surface area contributed by atoms with E-state index >= 15 is 0 Å². The van der Waals surface area contributed by atoms with Gasteiger partial charge in [-0.1, -0.05) is 12.1 Å². The van der Waals surface area contributed by atoms with Gasteiger partial charge in [0.15, 0.2) is 0 Å². The van der Waals surface area contributed by atoms with E-state index in [9.17, 15) is 4.79 Å². The number of carbonyl (C=O) groups excluding carboxylic acids is 1. The molecule has 1 heterocycles. The minimum atomic E-state index is -0.463. The molecule has 148 valence electrons. The van der Waals surface area contributed by atoms with Gasteiger partial charge in [0.05, 0.1) is 31.4 Å². The van der Waals surface area contributed by atoms with Gasteiger partial charge in [0.1, 0.15) is 11.5 Å². The molecule has 6 nitrogen and oxygen atoms in total. The molecule has 0 radical (unpaired) electrons. The molecule has 0 fully saturated rings. The van der Waals surface area contributed by atoms with Crippen LogP contribution in [0.1, 0.15) is 27.2 Å². The number of nitriles is 1. The van der Waals surface area contributed by atoms with Gasteiger partial charge in [-0.3, -0.25) is 4.79 Å². The normalized spacial score (nSPS) is 10.4. The van der Waals surface area contributed by atoms with Gasteiger partial charge >= 0.3 is 0 Å². The molecule has 0 aliphatic rings. The molecule has 0 aliphatic carbocycles. The number of aromatic nitrogens is 1. The Kier molecular flexibility index (Phi) is 5.89. The van der Waals surface area contributed by atoms with E-state index in [2.05, 4.69) is 10.6 Å². The van der Waals surface area contributed by atoms with Crippen LogP contribution in [0.5, 0.6) is 11.5 Å². The second-order valence-corrected chi connectivity index (χ2v) is 6.66. The number of amides is 1. The van der Waals surface area contributed by atoms with Gasteiger partial charge in [-0.15, -0.1) is 0 Å². The Morgan fingerprint density at radius 2 is 1.83 bits per heavy atom. The smallest absolute Gasteiger partial charge is 0.250 e. The van der Waals surface area contributed by atoms with Gasteiger partial charge in [0.25, 0.3) is 5.91 Å². The predicted octanol–water partition coefficient (Wildman–Crippen LogP) is 3.69. The third kappa shape index (κ3) is 4.09. The Hall–Kier alpha value is -3.72. The molecule has 6 heteroatoms. The quantitative estimate of drug-likeness (QED) is 0.667. The largest absolute Gasteiger partial charge is 0.497 e. The highest BCUT2D eigenvalue weighted by molar-refractivity contribution is 5.95. The van der Waals surface area contributed by atoms with E-state index in [-0.39, 0.29) is 0 Å². The van der Waals surface area contributed by atoms with E-state index in [4.69, 9.17) is 20.5 Å². The molecule has 0 saturated carbocycles. The fourth-order valence-corrected chi connectivity index (χ4v) is 3.45. The zero-order valence-electron chi connectivity index (χ0n) is 16.7. The Bertz CT molecular complexity index is 1080. The number of primary amides is 1. The van der Waals surface area contributed by atoms with Crippen molar-refractivity contribution < 1.29 is 14.3 Å². The van der Waals surface area contributed by atoms with Crippen LogP contribution in [-0.2, 0) is 13.0 Å². The summed E-state index contributed by atoms with van der Waals surface area (Å²) in [5, 5.41) is 9.04. The fourth-order valence-electron chi connectivity index (χ4n) is 3.45. The highest BCUT2D eigenvalue weighted by atomic mass is 16.5. The van der Waals surface area contributed by atoms with Crippen LogP contribution in [0.25, 0.3) is 11.3 Å². The molecule has 1 amide bonds. The van der Waals surface area contributed by atoms with E-state index < -0.39 is 5.91 Å². The van der Waals surface area contributed by atoms with Crippen LogP contribution in [0.3, 0.4) is 0 Å². The van der Waals surface area contributed by atoms with E-state index in [1.54, 1.807) is 26.4 Å². The summed E-state index contributed by atoms with van der Waals surface area (Å²) in [6.45, 7) is 2.51. The van der Waals surface area contributed by atoms with Crippen molar-refractivity contribution in [3.8, 4) is 28.8 Å². The predicted molar refractivity (Wildman–Crippen MR) is 111 cm³/mol. The number of aryl methyl sites for hydroxylation is 1. The maximum atomic E-state index is 11.9. The van der Waals surface area contributed by atoms with Crippen molar-refractivity contribution in [2.75, 3.05) is 14.2 Å². The molecular weight excluding hydrogens is 366 g/mol. The Morgan fingerprint density at radius 3 is 2.41 bits per heavy atom. The summed E-state index contributed by atoms with van der Waals surface area (Å²) in [5.74, 6) is 1.08. The molecule has 3 rings (SSSR count). The van der Waals surface area contributed by atoms with Gasteiger partial charge in [-0.25, -0.2) is 0 Å². The second-order valence-electron chi connectivity index (χ2n) is 6.66. The number of methoxy groups -OCH3 is 2. The molecule has 0 unspecified atom stereocenters. The number of hydrogen-bond acceptors (Lipinski definition) is 4. The molecule has 2 N–H and O–H groups in total. The maximum Gasteiger partial charge on any atom is 0.250 e. The molecule has 29 heavy (non-hydrogen) atoms. The minimum Gasteiger partial charge on any atom is -0.497 e. The molecule has 0 aliphatic heterocycles.